The molecule has 5 heteroatoms. The van der Waals surface area contributed by atoms with Gasteiger partial charge in [0.25, 0.3) is 0 Å². The Labute approximate surface area is 216 Å². The van der Waals surface area contributed by atoms with E-state index in [1.807, 2.05) is 33.8 Å². The Morgan fingerprint density at radius 1 is 0.972 bits per heavy atom. The average Bonchev–Trinajstić information content (AvgIpc) is 2.82. The first kappa shape index (κ1) is 29.4. The third-order valence-electron chi connectivity index (χ3n) is 7.00. The molecule has 196 valence electrons. The van der Waals surface area contributed by atoms with Gasteiger partial charge in [-0.15, -0.1) is 0 Å². The Bertz CT molecular complexity index is 1100. The first-order chi connectivity index (χ1) is 16.8. The van der Waals surface area contributed by atoms with E-state index < -0.39 is 18.2 Å². The summed E-state index contributed by atoms with van der Waals surface area (Å²) in [7, 11) is 0. The number of hydrogen-bond acceptors (Lipinski definition) is 4. The van der Waals surface area contributed by atoms with Gasteiger partial charge in [-0.05, 0) is 72.9 Å². The third kappa shape index (κ3) is 7.35. The lowest BCUT2D eigenvalue weighted by molar-refractivity contribution is -0.137. The van der Waals surface area contributed by atoms with Crippen LogP contribution in [0.25, 0.3) is 0 Å². The second kappa shape index (κ2) is 12.4. The number of carbonyl (C=O) groups is 1. The van der Waals surface area contributed by atoms with Crippen molar-refractivity contribution in [1.82, 2.24) is 0 Å². The molecule has 2 aromatic rings. The van der Waals surface area contributed by atoms with Crippen LogP contribution >= 0.6 is 0 Å². The normalized spacial score (nSPS) is 13.5. The molecule has 3 N–H and O–H groups in total. The zero-order valence-corrected chi connectivity index (χ0v) is 22.8. The summed E-state index contributed by atoms with van der Waals surface area (Å²) < 4.78 is 5.80. The quantitative estimate of drug-likeness (QED) is 0.365. The van der Waals surface area contributed by atoms with Gasteiger partial charge in [0.15, 0.2) is 0 Å². The first-order valence-corrected chi connectivity index (χ1v) is 12.8. The summed E-state index contributed by atoms with van der Waals surface area (Å²) in [6.07, 6.45) is 0.410. The summed E-state index contributed by atoms with van der Waals surface area (Å²) in [6, 6.07) is 12.6. The molecule has 0 spiro atoms. The molecule has 2 rings (SSSR count). The number of carboxylic acids is 1. The van der Waals surface area contributed by atoms with Gasteiger partial charge in [-0.1, -0.05) is 70.7 Å². The molecule has 0 aliphatic heterocycles. The molecule has 0 fully saturated rings. The Morgan fingerprint density at radius 2 is 1.56 bits per heavy atom. The molecule has 5 nitrogen and oxygen atoms in total. The number of aliphatic carboxylic acids is 1. The van der Waals surface area contributed by atoms with E-state index in [0.717, 1.165) is 29.5 Å². The largest absolute Gasteiger partial charge is 0.491 e. The van der Waals surface area contributed by atoms with Crippen molar-refractivity contribution in [1.29, 1.82) is 0 Å². The van der Waals surface area contributed by atoms with Gasteiger partial charge in [0.1, 0.15) is 18.5 Å². The standard InChI is InChI=1S/C31H42O5/c1-8-31(9-2,24-12-10-23(21(3)18-24)11-16-28(33)30(5,6)7)25-13-15-27(22(4)19-25)36-20-26(32)14-17-29(34)35/h10,12-13,15,18-19,26,28,32-33H,8-9,14,17,20H2,1-7H3,(H,34,35). The van der Waals surface area contributed by atoms with Gasteiger partial charge in [0.05, 0.1) is 6.10 Å². The van der Waals surface area contributed by atoms with Crippen LogP contribution in [-0.2, 0) is 10.2 Å². The maximum absolute atomic E-state index is 10.7. The van der Waals surface area contributed by atoms with Crippen molar-refractivity contribution in [3.63, 3.8) is 0 Å². The summed E-state index contributed by atoms with van der Waals surface area (Å²) in [5, 5.41) is 29.1. The predicted octanol–water partition coefficient (Wildman–Crippen LogP) is 5.77. The highest BCUT2D eigenvalue weighted by atomic mass is 16.5. The van der Waals surface area contributed by atoms with Crippen LogP contribution in [0.4, 0.5) is 0 Å². The van der Waals surface area contributed by atoms with Gasteiger partial charge < -0.3 is 20.1 Å². The van der Waals surface area contributed by atoms with Crippen molar-refractivity contribution >= 4 is 5.97 Å². The minimum Gasteiger partial charge on any atom is -0.491 e. The van der Waals surface area contributed by atoms with Crippen LogP contribution in [0.3, 0.4) is 0 Å². The maximum atomic E-state index is 10.7. The molecule has 36 heavy (non-hydrogen) atoms. The fourth-order valence-electron chi connectivity index (χ4n) is 4.37. The van der Waals surface area contributed by atoms with Crippen LogP contribution < -0.4 is 4.74 Å². The number of ether oxygens (including phenoxy) is 1. The number of aryl methyl sites for hydroxylation is 2. The summed E-state index contributed by atoms with van der Waals surface area (Å²) in [6.45, 7) is 14.4. The third-order valence-corrected chi connectivity index (χ3v) is 7.00. The SMILES string of the molecule is CCC(CC)(c1ccc(C#CC(O)C(C)(C)C)c(C)c1)c1ccc(OCC(O)CCC(=O)O)c(C)c1. The van der Waals surface area contributed by atoms with Gasteiger partial charge in [0.2, 0.25) is 0 Å². The lowest BCUT2D eigenvalue weighted by atomic mass is 9.70. The van der Waals surface area contributed by atoms with Crippen LogP contribution in [0.15, 0.2) is 36.4 Å². The Kier molecular flexibility index (Phi) is 10.2. The lowest BCUT2D eigenvalue weighted by Gasteiger charge is -2.34. The zero-order valence-electron chi connectivity index (χ0n) is 22.8. The smallest absolute Gasteiger partial charge is 0.303 e. The monoisotopic (exact) mass is 494 g/mol. The Hall–Kier alpha value is -2.81. The Balaban J connectivity index is 2.31. The number of rotatable bonds is 10. The van der Waals surface area contributed by atoms with E-state index in [4.69, 9.17) is 9.84 Å². The molecule has 0 heterocycles. The summed E-state index contributed by atoms with van der Waals surface area (Å²) in [5.74, 6) is 5.91. The number of carboxylic acid groups (broad SMARTS) is 1. The Morgan fingerprint density at radius 3 is 2.06 bits per heavy atom. The van der Waals surface area contributed by atoms with E-state index in [1.54, 1.807) is 0 Å². The number of aliphatic hydroxyl groups is 2. The molecule has 0 aliphatic rings. The molecule has 0 aromatic heterocycles. The average molecular weight is 495 g/mol. The summed E-state index contributed by atoms with van der Waals surface area (Å²) in [5.41, 5.74) is 4.94. The van der Waals surface area contributed by atoms with Crippen molar-refractivity contribution in [2.45, 2.75) is 91.8 Å². The van der Waals surface area contributed by atoms with E-state index in [9.17, 15) is 15.0 Å². The van der Waals surface area contributed by atoms with Crippen molar-refractivity contribution in [2.24, 2.45) is 5.41 Å². The molecule has 0 saturated carbocycles. The van der Waals surface area contributed by atoms with Crippen molar-refractivity contribution in [3.05, 3.63) is 64.2 Å². The van der Waals surface area contributed by atoms with Crippen molar-refractivity contribution in [2.75, 3.05) is 6.61 Å². The molecule has 2 atom stereocenters. The highest BCUT2D eigenvalue weighted by Gasteiger charge is 2.31. The van der Waals surface area contributed by atoms with Crippen LogP contribution in [0.2, 0.25) is 0 Å². The van der Waals surface area contributed by atoms with Gasteiger partial charge in [-0.3, -0.25) is 4.79 Å². The lowest BCUT2D eigenvalue weighted by Crippen LogP contribution is -2.26. The minimum atomic E-state index is -0.928. The van der Waals surface area contributed by atoms with Crippen LogP contribution in [-0.4, -0.2) is 40.1 Å². The minimum absolute atomic E-state index is 0.0613. The van der Waals surface area contributed by atoms with Crippen LogP contribution in [0.1, 0.15) is 88.1 Å². The number of hydrogen-bond donors (Lipinski definition) is 3. The van der Waals surface area contributed by atoms with E-state index in [-0.39, 0.29) is 30.3 Å². The summed E-state index contributed by atoms with van der Waals surface area (Å²) >= 11 is 0. The number of benzene rings is 2. The molecule has 0 radical (unpaired) electrons. The molecule has 0 amide bonds. The summed E-state index contributed by atoms with van der Waals surface area (Å²) in [4.78, 5) is 10.7. The first-order valence-electron chi connectivity index (χ1n) is 12.8. The maximum Gasteiger partial charge on any atom is 0.303 e. The zero-order chi connectivity index (χ0) is 27.1. The van der Waals surface area contributed by atoms with Crippen LogP contribution in [0, 0.1) is 31.1 Å². The molecular formula is C31H42O5. The topological polar surface area (TPSA) is 87.0 Å². The van der Waals surface area contributed by atoms with Crippen molar-refractivity contribution in [3.8, 4) is 17.6 Å². The molecule has 0 saturated heterocycles. The molecule has 2 aromatic carbocycles. The highest BCUT2D eigenvalue weighted by Crippen LogP contribution is 2.41. The van der Waals surface area contributed by atoms with E-state index in [0.29, 0.717) is 5.75 Å². The highest BCUT2D eigenvalue weighted by molar-refractivity contribution is 5.66. The van der Waals surface area contributed by atoms with Gasteiger partial charge in [0, 0.05) is 17.4 Å². The van der Waals surface area contributed by atoms with Gasteiger partial charge in [-0.2, -0.15) is 0 Å². The molecule has 2 unspecified atom stereocenters. The molecule has 0 bridgehead atoms. The van der Waals surface area contributed by atoms with Gasteiger partial charge >= 0.3 is 5.97 Å². The molecule has 0 aliphatic carbocycles. The fraction of sp³-hybridized carbons (Fsp3) is 0.516. The van der Waals surface area contributed by atoms with E-state index in [1.165, 1.54) is 11.1 Å². The predicted molar refractivity (Wildman–Crippen MR) is 144 cm³/mol. The van der Waals surface area contributed by atoms with E-state index >= 15 is 0 Å². The van der Waals surface area contributed by atoms with Crippen molar-refractivity contribution < 1.29 is 24.9 Å². The second-order valence-corrected chi connectivity index (χ2v) is 10.7. The fourth-order valence-corrected chi connectivity index (χ4v) is 4.37. The second-order valence-electron chi connectivity index (χ2n) is 10.7. The van der Waals surface area contributed by atoms with E-state index in [2.05, 4.69) is 62.9 Å². The van der Waals surface area contributed by atoms with Gasteiger partial charge in [-0.25, -0.2) is 0 Å². The van der Waals surface area contributed by atoms with Crippen LogP contribution in [0.5, 0.6) is 5.75 Å². The number of aliphatic hydroxyl groups excluding tert-OH is 2. The molecular weight excluding hydrogens is 452 g/mol.